The number of urea groups is 1. The number of hydrogen-bond acceptors (Lipinski definition) is 6. The van der Waals surface area contributed by atoms with E-state index in [0.29, 0.717) is 24.3 Å². The zero-order valence-corrected chi connectivity index (χ0v) is 18.5. The van der Waals surface area contributed by atoms with E-state index in [1.807, 2.05) is 0 Å². The van der Waals surface area contributed by atoms with E-state index in [9.17, 15) is 19.4 Å². The summed E-state index contributed by atoms with van der Waals surface area (Å²) in [4.78, 5) is 14.2. The summed E-state index contributed by atoms with van der Waals surface area (Å²) in [6.07, 6.45) is 0.453. The minimum absolute atomic E-state index is 0.0118. The number of amides is 2. The number of benzene rings is 2. The van der Waals surface area contributed by atoms with Crippen molar-refractivity contribution in [3.05, 3.63) is 53.3 Å². The molecule has 174 valence electrons. The second-order valence-electron chi connectivity index (χ2n) is 7.88. The molecule has 0 heterocycles. The van der Waals surface area contributed by atoms with Crippen LogP contribution in [0.4, 0.5) is 9.18 Å². The van der Waals surface area contributed by atoms with Gasteiger partial charge in [-0.1, -0.05) is 12.1 Å². The highest BCUT2D eigenvalue weighted by molar-refractivity contribution is 5.75. The van der Waals surface area contributed by atoms with E-state index in [4.69, 9.17) is 15.2 Å². The molecule has 3 atom stereocenters. The van der Waals surface area contributed by atoms with Gasteiger partial charge in [-0.25, -0.2) is 9.18 Å². The van der Waals surface area contributed by atoms with Gasteiger partial charge in [0.25, 0.3) is 0 Å². The Kier molecular flexibility index (Phi) is 7.10. The van der Waals surface area contributed by atoms with Crippen LogP contribution in [0.5, 0.6) is 17.2 Å². The van der Waals surface area contributed by atoms with E-state index in [1.54, 1.807) is 25.1 Å². The number of phenolic OH excluding ortho intramolecular Hbond substituents is 1. The molecule has 9 heteroatoms. The summed E-state index contributed by atoms with van der Waals surface area (Å²) in [6, 6.07) is 7.85. The van der Waals surface area contributed by atoms with Gasteiger partial charge in [0.1, 0.15) is 28.7 Å². The van der Waals surface area contributed by atoms with Crippen molar-refractivity contribution in [3.8, 4) is 17.2 Å². The maximum absolute atomic E-state index is 13.9. The Balaban J connectivity index is 2.07. The van der Waals surface area contributed by atoms with Gasteiger partial charge in [-0.2, -0.15) is 0 Å². The van der Waals surface area contributed by atoms with Gasteiger partial charge in [-0.15, -0.1) is 0 Å². The molecule has 0 bridgehead atoms. The molecule has 1 aliphatic carbocycles. The number of halogens is 1. The van der Waals surface area contributed by atoms with Gasteiger partial charge in [0.05, 0.1) is 32.5 Å². The number of nitrogens with two attached hydrogens (primary N) is 1. The largest absolute Gasteiger partial charge is 0.507 e. The highest BCUT2D eigenvalue weighted by Gasteiger charge is 2.51. The van der Waals surface area contributed by atoms with Gasteiger partial charge in [0.2, 0.25) is 0 Å². The molecule has 1 aliphatic rings. The Morgan fingerprint density at radius 2 is 2.06 bits per heavy atom. The third-order valence-electron chi connectivity index (χ3n) is 6.10. The van der Waals surface area contributed by atoms with Crippen LogP contribution in [0, 0.1) is 5.82 Å². The molecule has 0 unspecified atom stereocenters. The zero-order valence-electron chi connectivity index (χ0n) is 18.5. The predicted molar refractivity (Wildman–Crippen MR) is 117 cm³/mol. The summed E-state index contributed by atoms with van der Waals surface area (Å²) in [5.41, 5.74) is 4.80. The van der Waals surface area contributed by atoms with Gasteiger partial charge in [-0.3, -0.25) is 0 Å². The van der Waals surface area contributed by atoms with Crippen LogP contribution in [-0.2, 0) is 5.60 Å². The fourth-order valence-electron chi connectivity index (χ4n) is 4.44. The first-order chi connectivity index (χ1) is 15.3. The Morgan fingerprint density at radius 3 is 2.66 bits per heavy atom. The van der Waals surface area contributed by atoms with Crippen molar-refractivity contribution in [2.24, 2.45) is 5.73 Å². The van der Waals surface area contributed by atoms with Crippen molar-refractivity contribution in [1.29, 1.82) is 0 Å². The van der Waals surface area contributed by atoms with E-state index in [0.717, 1.165) is 0 Å². The number of methoxy groups -OCH3 is 2. The predicted octanol–water partition coefficient (Wildman–Crippen LogP) is 2.63. The quantitative estimate of drug-likeness (QED) is 0.485. The van der Waals surface area contributed by atoms with Crippen molar-refractivity contribution in [2.45, 2.75) is 37.3 Å². The van der Waals surface area contributed by atoms with Crippen LogP contribution in [-0.4, -0.2) is 54.6 Å². The Bertz CT molecular complexity index is 969. The highest BCUT2D eigenvalue weighted by atomic mass is 19.1. The molecule has 0 aromatic heterocycles. The lowest BCUT2D eigenvalue weighted by Crippen LogP contribution is -2.52. The Morgan fingerprint density at radius 1 is 1.31 bits per heavy atom. The molecule has 3 rings (SSSR count). The van der Waals surface area contributed by atoms with Crippen LogP contribution >= 0.6 is 0 Å². The normalized spacial score (nSPS) is 22.4. The van der Waals surface area contributed by atoms with Crippen molar-refractivity contribution >= 4 is 6.03 Å². The first kappa shape index (κ1) is 23.6. The molecule has 0 radical (unpaired) electrons. The highest BCUT2D eigenvalue weighted by Crippen LogP contribution is 2.52. The summed E-state index contributed by atoms with van der Waals surface area (Å²) in [6.45, 7) is 2.19. The van der Waals surface area contributed by atoms with Crippen LogP contribution in [0.2, 0.25) is 0 Å². The number of phenols is 1. The van der Waals surface area contributed by atoms with E-state index in [-0.39, 0.29) is 41.9 Å². The molecule has 2 aromatic carbocycles. The number of nitrogens with one attached hydrogen (secondary N) is 1. The molecule has 5 N–H and O–H groups in total. The fraction of sp³-hybridized carbons (Fsp3) is 0.435. The lowest BCUT2D eigenvalue weighted by Gasteiger charge is -2.34. The number of nitrogens with zero attached hydrogens (tertiary/aromatic N) is 1. The van der Waals surface area contributed by atoms with E-state index < -0.39 is 17.7 Å². The average Bonchev–Trinajstić information content (AvgIpc) is 3.10. The third kappa shape index (κ3) is 4.44. The molecule has 1 fully saturated rings. The van der Waals surface area contributed by atoms with E-state index >= 15 is 0 Å². The molecule has 1 saturated carbocycles. The zero-order chi connectivity index (χ0) is 23.5. The fourth-order valence-corrected chi connectivity index (χ4v) is 4.44. The molecule has 0 aliphatic heterocycles. The molecule has 0 saturated heterocycles. The number of aromatic hydroxyl groups is 1. The van der Waals surface area contributed by atoms with Crippen molar-refractivity contribution in [3.63, 3.8) is 0 Å². The summed E-state index contributed by atoms with van der Waals surface area (Å²) >= 11 is 0. The molecular weight excluding hydrogens is 417 g/mol. The molecular formula is C23H30FN3O5. The maximum atomic E-state index is 13.9. The monoisotopic (exact) mass is 447 g/mol. The van der Waals surface area contributed by atoms with Crippen LogP contribution < -0.4 is 20.5 Å². The Labute approximate surface area is 186 Å². The van der Waals surface area contributed by atoms with Gasteiger partial charge in [-0.05, 0) is 43.4 Å². The molecule has 2 aromatic rings. The summed E-state index contributed by atoms with van der Waals surface area (Å²) in [5.74, 6) is -0.320. The lowest BCUT2D eigenvalue weighted by molar-refractivity contribution is 0.0125. The number of rotatable bonds is 7. The summed E-state index contributed by atoms with van der Waals surface area (Å²) in [7, 11) is 2.87. The summed E-state index contributed by atoms with van der Waals surface area (Å²) in [5, 5.41) is 25.6. The van der Waals surface area contributed by atoms with Crippen LogP contribution in [0.15, 0.2) is 36.4 Å². The average molecular weight is 448 g/mol. The maximum Gasteiger partial charge on any atom is 0.318 e. The molecule has 8 nitrogen and oxygen atoms in total. The van der Waals surface area contributed by atoms with Crippen molar-refractivity contribution in [2.75, 3.05) is 27.4 Å². The van der Waals surface area contributed by atoms with Gasteiger partial charge >= 0.3 is 6.03 Å². The minimum Gasteiger partial charge on any atom is -0.507 e. The number of hydrogen-bond donors (Lipinski definition) is 4. The van der Waals surface area contributed by atoms with Crippen LogP contribution in [0.1, 0.15) is 36.8 Å². The first-order valence-electron chi connectivity index (χ1n) is 10.5. The topological polar surface area (TPSA) is 117 Å². The molecule has 32 heavy (non-hydrogen) atoms. The van der Waals surface area contributed by atoms with E-state index in [2.05, 4.69) is 5.32 Å². The number of carbonyl (C=O) groups is 1. The first-order valence-corrected chi connectivity index (χ1v) is 10.5. The summed E-state index contributed by atoms with van der Waals surface area (Å²) < 4.78 is 24.5. The molecule has 2 amide bonds. The molecule has 0 spiro atoms. The van der Waals surface area contributed by atoms with Crippen molar-refractivity contribution in [1.82, 2.24) is 10.2 Å². The number of carbonyl (C=O) groups excluding carboxylic acids is 1. The van der Waals surface area contributed by atoms with Gasteiger partial charge in [0, 0.05) is 18.7 Å². The van der Waals surface area contributed by atoms with Gasteiger partial charge < -0.3 is 35.6 Å². The van der Waals surface area contributed by atoms with Crippen LogP contribution in [0.25, 0.3) is 0 Å². The second-order valence-corrected chi connectivity index (χ2v) is 7.88. The SMILES string of the molecule is CCN(CN)C(=O)N[C@H]1C[C@@H](c2cccc(F)c2)C[C@]1(O)c1c(O)cc(OC)cc1OC. The van der Waals surface area contributed by atoms with Crippen molar-refractivity contribution < 1.29 is 28.9 Å². The number of ether oxygens (including phenoxy) is 2. The van der Waals surface area contributed by atoms with Gasteiger partial charge in [0.15, 0.2) is 0 Å². The second kappa shape index (κ2) is 9.62. The smallest absolute Gasteiger partial charge is 0.318 e. The minimum atomic E-state index is -1.69. The lowest BCUT2D eigenvalue weighted by atomic mass is 9.85. The standard InChI is InChI=1S/C23H30FN3O5/c1-4-27(13-25)22(29)26-20-9-15(14-6-5-7-16(24)8-14)12-23(20,30)21-18(28)10-17(31-2)11-19(21)32-3/h5-8,10-11,15,20,28,30H,4,9,12-13,25H2,1-3H3,(H,26,29)/t15-,20+,23-/m1/s1. The Hall–Kier alpha value is -3.04. The van der Waals surface area contributed by atoms with E-state index in [1.165, 1.54) is 37.3 Å². The van der Waals surface area contributed by atoms with Crippen LogP contribution in [0.3, 0.4) is 0 Å². The third-order valence-corrected chi connectivity index (χ3v) is 6.10. The number of aliphatic hydroxyl groups is 1.